The number of carbonyl (C=O) groups excluding carboxylic acids is 1. The molecule has 5 aromatic rings. The highest BCUT2D eigenvalue weighted by Crippen LogP contribution is 2.33. The van der Waals surface area contributed by atoms with E-state index in [2.05, 4.69) is 25.9 Å². The average Bonchev–Trinajstić information content (AvgIpc) is 3.69. The van der Waals surface area contributed by atoms with Crippen LogP contribution in [0.15, 0.2) is 60.8 Å². The Kier molecular flexibility index (Phi) is 7.80. The van der Waals surface area contributed by atoms with Crippen LogP contribution in [-0.4, -0.2) is 73.7 Å². The molecule has 0 radical (unpaired) electrons. The molecule has 0 saturated carbocycles. The van der Waals surface area contributed by atoms with Gasteiger partial charge in [-0.1, -0.05) is 29.5 Å². The van der Waals surface area contributed by atoms with Crippen molar-refractivity contribution in [2.24, 2.45) is 7.05 Å². The molecule has 1 aliphatic rings. The summed E-state index contributed by atoms with van der Waals surface area (Å²) in [6.07, 6.45) is 0.940. The maximum absolute atomic E-state index is 14.1. The molecule has 0 spiro atoms. The Morgan fingerprint density at radius 2 is 1.95 bits per heavy atom. The number of ether oxygens (including phenoxy) is 1. The van der Waals surface area contributed by atoms with Crippen molar-refractivity contribution in [1.82, 2.24) is 40.1 Å². The van der Waals surface area contributed by atoms with Gasteiger partial charge in [-0.3, -0.25) is 10.2 Å². The van der Waals surface area contributed by atoms with Gasteiger partial charge in [0.1, 0.15) is 17.4 Å². The zero-order valence-corrected chi connectivity index (χ0v) is 23.7. The molecule has 222 valence electrons. The van der Waals surface area contributed by atoms with Gasteiger partial charge in [0.2, 0.25) is 0 Å². The molecule has 0 unspecified atom stereocenters. The van der Waals surface area contributed by atoms with Crippen LogP contribution < -0.4 is 10.6 Å². The number of anilines is 1. The van der Waals surface area contributed by atoms with Gasteiger partial charge < -0.3 is 10.1 Å². The van der Waals surface area contributed by atoms with Crippen LogP contribution in [0.25, 0.3) is 28.1 Å². The molecule has 2 amide bonds. The molecule has 6 rings (SSSR count). The molecule has 43 heavy (non-hydrogen) atoms. The van der Waals surface area contributed by atoms with Gasteiger partial charge >= 0.3 is 6.03 Å². The molecule has 2 N–H and O–H groups in total. The summed E-state index contributed by atoms with van der Waals surface area (Å²) in [5.41, 5.74) is 4.39. The minimum absolute atomic E-state index is 0.298. The quantitative estimate of drug-likeness (QED) is 0.279. The van der Waals surface area contributed by atoms with Crippen molar-refractivity contribution in [3.05, 3.63) is 83.6 Å². The molecule has 0 bridgehead atoms. The fraction of sp³-hybridized carbons (Fsp3) is 0.276. The number of hydroxylamine groups is 2. The van der Waals surface area contributed by atoms with Crippen LogP contribution in [-0.2, 0) is 16.6 Å². The van der Waals surface area contributed by atoms with Gasteiger partial charge in [-0.2, -0.15) is 10.2 Å². The Balaban J connectivity index is 1.30. The number of para-hydroxylation sites is 1. The van der Waals surface area contributed by atoms with Gasteiger partial charge in [-0.25, -0.2) is 27.9 Å². The first kappa shape index (κ1) is 28.3. The second-order valence-electron chi connectivity index (χ2n) is 10.1. The number of aryl methyl sites for hydroxylation is 1. The number of aromatic nitrogens is 6. The van der Waals surface area contributed by atoms with Crippen molar-refractivity contribution in [3.8, 4) is 16.9 Å². The summed E-state index contributed by atoms with van der Waals surface area (Å²) in [5.74, 6) is -1.52. The van der Waals surface area contributed by atoms with Crippen molar-refractivity contribution >= 4 is 23.0 Å². The molecule has 1 fully saturated rings. The summed E-state index contributed by atoms with van der Waals surface area (Å²) in [6, 6.07) is 13.7. The third kappa shape index (κ3) is 5.67. The van der Waals surface area contributed by atoms with Crippen LogP contribution in [0.1, 0.15) is 17.2 Å². The zero-order chi connectivity index (χ0) is 30.1. The number of nitrogens with one attached hydrogen (secondary N) is 2. The van der Waals surface area contributed by atoms with Crippen LogP contribution in [0, 0.1) is 18.6 Å². The van der Waals surface area contributed by atoms with Gasteiger partial charge in [0.05, 0.1) is 24.0 Å². The second-order valence-corrected chi connectivity index (χ2v) is 10.1. The van der Waals surface area contributed by atoms with Crippen molar-refractivity contribution in [2.45, 2.75) is 19.1 Å². The van der Waals surface area contributed by atoms with Crippen LogP contribution in [0.4, 0.5) is 19.4 Å². The Morgan fingerprint density at radius 3 is 2.72 bits per heavy atom. The van der Waals surface area contributed by atoms with E-state index in [-0.39, 0.29) is 0 Å². The predicted molar refractivity (Wildman–Crippen MR) is 153 cm³/mol. The lowest BCUT2D eigenvalue weighted by Crippen LogP contribution is -2.42. The van der Waals surface area contributed by atoms with Crippen molar-refractivity contribution in [3.63, 3.8) is 0 Å². The minimum atomic E-state index is -0.997. The number of nitrogens with zero attached hydrogens (tertiary/aromatic N) is 7. The van der Waals surface area contributed by atoms with E-state index in [0.29, 0.717) is 59.1 Å². The second kappa shape index (κ2) is 11.8. The SMILES string of the molecule is COCCN1C[C@@H](NC(=O)Nc2c(C)c(-c3cnc4c(c3)nnn4C)nn2-c2ccccc2)[C@H](c2ccc(F)c(F)c2)O1. The summed E-state index contributed by atoms with van der Waals surface area (Å²) >= 11 is 0. The standard InChI is InChI=1S/C29H29F2N9O3/c1-17-25(19-14-23-28(32-15-19)38(2)37-35-23)36-40(20-7-5-4-6-8-20)27(17)34-29(41)33-24-16-39(11-12-42-3)43-26(24)18-9-10-21(30)22(31)13-18/h4-10,13-15,24,26H,11-12,16H2,1-3H3,(H2,33,34,41)/t24-,26+/m1/s1. The first-order valence-electron chi connectivity index (χ1n) is 13.6. The van der Waals surface area contributed by atoms with Crippen molar-refractivity contribution < 1.29 is 23.1 Å². The van der Waals surface area contributed by atoms with E-state index in [4.69, 9.17) is 14.7 Å². The lowest BCUT2D eigenvalue weighted by atomic mass is 10.0. The van der Waals surface area contributed by atoms with Gasteiger partial charge in [0.25, 0.3) is 0 Å². The van der Waals surface area contributed by atoms with Crippen LogP contribution in [0.3, 0.4) is 0 Å². The molecule has 0 aliphatic carbocycles. The van der Waals surface area contributed by atoms with Gasteiger partial charge in [0.15, 0.2) is 17.3 Å². The van der Waals surface area contributed by atoms with E-state index in [9.17, 15) is 13.6 Å². The lowest BCUT2D eigenvalue weighted by Gasteiger charge is -2.20. The third-order valence-electron chi connectivity index (χ3n) is 7.23. The molecule has 1 aliphatic heterocycles. The van der Waals surface area contributed by atoms with E-state index in [0.717, 1.165) is 17.8 Å². The smallest absolute Gasteiger partial charge is 0.320 e. The molecular weight excluding hydrogens is 560 g/mol. The number of benzene rings is 2. The van der Waals surface area contributed by atoms with E-state index >= 15 is 0 Å². The first-order chi connectivity index (χ1) is 20.8. The fourth-order valence-electron chi connectivity index (χ4n) is 5.07. The normalized spacial score (nSPS) is 17.0. The maximum atomic E-state index is 14.1. The topological polar surface area (TPSA) is 124 Å². The largest absolute Gasteiger partial charge is 0.383 e. The summed E-state index contributed by atoms with van der Waals surface area (Å²) in [7, 11) is 3.33. The summed E-state index contributed by atoms with van der Waals surface area (Å²) < 4.78 is 36.1. The highest BCUT2D eigenvalue weighted by Gasteiger charge is 2.37. The number of urea groups is 1. The summed E-state index contributed by atoms with van der Waals surface area (Å²) in [4.78, 5) is 24.0. The number of hydrogen-bond acceptors (Lipinski definition) is 8. The summed E-state index contributed by atoms with van der Waals surface area (Å²) in [5, 5.41) is 20.5. The minimum Gasteiger partial charge on any atom is -0.383 e. The van der Waals surface area contributed by atoms with Gasteiger partial charge in [-0.15, -0.1) is 5.10 Å². The zero-order valence-electron chi connectivity index (χ0n) is 23.7. The summed E-state index contributed by atoms with van der Waals surface area (Å²) in [6.45, 7) is 2.96. The van der Waals surface area contributed by atoms with Crippen molar-refractivity contribution in [2.75, 3.05) is 32.1 Å². The predicted octanol–water partition coefficient (Wildman–Crippen LogP) is 3.93. The Hall–Kier alpha value is -4.79. The van der Waals surface area contributed by atoms with Crippen LogP contribution >= 0.6 is 0 Å². The maximum Gasteiger partial charge on any atom is 0.320 e. The molecule has 3 aromatic heterocycles. The Labute approximate surface area is 245 Å². The highest BCUT2D eigenvalue weighted by atomic mass is 19.2. The Morgan fingerprint density at radius 1 is 1.14 bits per heavy atom. The van der Waals surface area contributed by atoms with Crippen LogP contribution in [0.2, 0.25) is 0 Å². The number of amides is 2. The van der Waals surface area contributed by atoms with E-state index in [1.54, 1.807) is 34.8 Å². The first-order valence-corrected chi connectivity index (χ1v) is 13.6. The Bertz CT molecular complexity index is 1780. The van der Waals surface area contributed by atoms with Gasteiger partial charge in [-0.05, 0) is 42.8 Å². The highest BCUT2D eigenvalue weighted by molar-refractivity contribution is 5.91. The van der Waals surface area contributed by atoms with E-state index in [1.807, 2.05) is 43.3 Å². The molecule has 1 saturated heterocycles. The fourth-order valence-corrected chi connectivity index (χ4v) is 5.07. The monoisotopic (exact) mass is 589 g/mol. The number of pyridine rings is 1. The number of fused-ring (bicyclic) bond motifs is 1. The number of hydrogen-bond donors (Lipinski definition) is 2. The molecular formula is C29H29F2N9O3. The molecule has 2 atom stereocenters. The molecule has 4 heterocycles. The van der Waals surface area contributed by atoms with E-state index < -0.39 is 29.8 Å². The third-order valence-corrected chi connectivity index (χ3v) is 7.23. The molecule has 12 nitrogen and oxygen atoms in total. The lowest BCUT2D eigenvalue weighted by molar-refractivity contribution is -0.154. The number of methoxy groups -OCH3 is 1. The van der Waals surface area contributed by atoms with Crippen LogP contribution in [0.5, 0.6) is 0 Å². The van der Waals surface area contributed by atoms with Crippen molar-refractivity contribution in [1.29, 1.82) is 0 Å². The van der Waals surface area contributed by atoms with E-state index in [1.165, 1.54) is 6.07 Å². The number of rotatable bonds is 8. The molecule has 14 heteroatoms. The average molecular weight is 590 g/mol. The molecule has 2 aromatic carbocycles. The number of halogens is 2. The van der Waals surface area contributed by atoms with Gasteiger partial charge in [0, 0.05) is 44.6 Å². The number of carbonyl (C=O) groups is 1.